The second-order valence-electron chi connectivity index (χ2n) is 5.63. The van der Waals surface area contributed by atoms with E-state index >= 15 is 0 Å². The number of amides is 1. The van der Waals surface area contributed by atoms with Crippen LogP contribution in [0.5, 0.6) is 11.6 Å². The molecule has 27 heavy (non-hydrogen) atoms. The van der Waals surface area contributed by atoms with E-state index in [4.69, 9.17) is 16.3 Å². The van der Waals surface area contributed by atoms with Crippen LogP contribution < -0.4 is 10.1 Å². The molecule has 6 nitrogen and oxygen atoms in total. The summed E-state index contributed by atoms with van der Waals surface area (Å²) < 4.78 is 5.74. The molecule has 0 aliphatic rings. The Morgan fingerprint density at radius 2 is 1.67 bits per heavy atom. The predicted molar refractivity (Wildman–Crippen MR) is 103 cm³/mol. The Balaban J connectivity index is 1.58. The van der Waals surface area contributed by atoms with Gasteiger partial charge in [-0.05, 0) is 54.6 Å². The van der Waals surface area contributed by atoms with Crippen LogP contribution in [-0.4, -0.2) is 20.9 Å². The standard InChI is InChI=1S/C20H13ClN4O2/c21-13-3-6-15(7-4-13)27-20-16(2-1-9-24-20)19(26)25-14-5-8-17-18(12-14)23-11-10-22-17/h1-12H,(H,25,26). The largest absolute Gasteiger partial charge is 0.438 e. The van der Waals surface area contributed by atoms with Gasteiger partial charge in [0.15, 0.2) is 0 Å². The van der Waals surface area contributed by atoms with E-state index in [9.17, 15) is 4.79 Å². The molecular weight excluding hydrogens is 364 g/mol. The molecule has 0 unspecified atom stereocenters. The van der Waals surface area contributed by atoms with Gasteiger partial charge in [-0.25, -0.2) is 4.98 Å². The number of pyridine rings is 1. The lowest BCUT2D eigenvalue weighted by atomic mass is 10.2. The minimum absolute atomic E-state index is 0.206. The van der Waals surface area contributed by atoms with Crippen molar-refractivity contribution in [1.29, 1.82) is 0 Å². The van der Waals surface area contributed by atoms with E-state index < -0.39 is 0 Å². The van der Waals surface area contributed by atoms with Crippen LogP contribution in [0.25, 0.3) is 11.0 Å². The van der Waals surface area contributed by atoms with Gasteiger partial charge in [0.05, 0.1) is 11.0 Å². The van der Waals surface area contributed by atoms with Gasteiger partial charge in [0, 0.05) is 29.3 Å². The molecule has 0 aliphatic carbocycles. The van der Waals surface area contributed by atoms with E-state index in [1.54, 1.807) is 73.2 Å². The molecule has 0 spiro atoms. The molecule has 132 valence electrons. The van der Waals surface area contributed by atoms with Crippen LogP contribution in [0.2, 0.25) is 5.02 Å². The van der Waals surface area contributed by atoms with Crippen molar-refractivity contribution in [2.45, 2.75) is 0 Å². The van der Waals surface area contributed by atoms with Crippen molar-refractivity contribution in [3.8, 4) is 11.6 Å². The molecule has 2 heterocycles. The van der Waals surface area contributed by atoms with Crippen LogP contribution in [0.15, 0.2) is 73.2 Å². The third kappa shape index (κ3) is 3.86. The Kier molecular flexibility index (Phi) is 4.63. The molecule has 0 atom stereocenters. The molecule has 0 fully saturated rings. The van der Waals surface area contributed by atoms with Crippen molar-refractivity contribution in [1.82, 2.24) is 15.0 Å². The molecule has 0 saturated carbocycles. The van der Waals surface area contributed by atoms with Crippen LogP contribution in [-0.2, 0) is 0 Å². The summed E-state index contributed by atoms with van der Waals surface area (Å²) in [4.78, 5) is 25.4. The first-order valence-electron chi connectivity index (χ1n) is 8.09. The third-order valence-corrected chi connectivity index (χ3v) is 4.02. The lowest BCUT2D eigenvalue weighted by Crippen LogP contribution is -2.13. The van der Waals surface area contributed by atoms with Gasteiger partial charge >= 0.3 is 0 Å². The molecule has 4 rings (SSSR count). The fourth-order valence-corrected chi connectivity index (χ4v) is 2.62. The highest BCUT2D eigenvalue weighted by Gasteiger charge is 2.15. The molecule has 0 aliphatic heterocycles. The molecule has 2 aromatic heterocycles. The first-order valence-corrected chi connectivity index (χ1v) is 8.47. The van der Waals surface area contributed by atoms with Gasteiger partial charge in [-0.15, -0.1) is 0 Å². The molecule has 4 aromatic rings. The highest BCUT2D eigenvalue weighted by Crippen LogP contribution is 2.25. The van der Waals surface area contributed by atoms with Gasteiger partial charge in [-0.3, -0.25) is 14.8 Å². The van der Waals surface area contributed by atoms with Crippen molar-refractivity contribution in [3.63, 3.8) is 0 Å². The van der Waals surface area contributed by atoms with Gasteiger partial charge in [0.1, 0.15) is 11.3 Å². The van der Waals surface area contributed by atoms with Gasteiger partial charge in [-0.1, -0.05) is 11.6 Å². The normalized spacial score (nSPS) is 10.6. The van der Waals surface area contributed by atoms with Crippen molar-refractivity contribution >= 4 is 34.2 Å². The summed E-state index contributed by atoms with van der Waals surface area (Å²) in [7, 11) is 0. The topological polar surface area (TPSA) is 77.0 Å². The molecule has 1 amide bonds. The molecule has 7 heteroatoms. The average Bonchev–Trinajstić information content (AvgIpc) is 2.70. The SMILES string of the molecule is O=C(Nc1ccc2nccnc2c1)c1cccnc1Oc1ccc(Cl)cc1. The van der Waals surface area contributed by atoms with Crippen LogP contribution in [0.4, 0.5) is 5.69 Å². The number of carbonyl (C=O) groups is 1. The summed E-state index contributed by atoms with van der Waals surface area (Å²) in [6, 6.07) is 15.5. The maximum absolute atomic E-state index is 12.7. The zero-order valence-corrected chi connectivity index (χ0v) is 14.7. The van der Waals surface area contributed by atoms with Crippen molar-refractivity contribution in [2.75, 3.05) is 5.32 Å². The number of halogens is 1. The lowest BCUT2D eigenvalue weighted by molar-refractivity contribution is 0.102. The Bertz CT molecular complexity index is 1120. The summed E-state index contributed by atoms with van der Waals surface area (Å²) in [6.07, 6.45) is 4.79. The van der Waals surface area contributed by atoms with Crippen LogP contribution in [0.3, 0.4) is 0 Å². The van der Waals surface area contributed by atoms with Crippen LogP contribution in [0, 0.1) is 0 Å². The van der Waals surface area contributed by atoms with E-state index in [-0.39, 0.29) is 11.8 Å². The molecular formula is C20H13ClN4O2. The fourth-order valence-electron chi connectivity index (χ4n) is 2.50. The lowest BCUT2D eigenvalue weighted by Gasteiger charge is -2.10. The number of nitrogens with one attached hydrogen (secondary N) is 1. The van der Waals surface area contributed by atoms with Gasteiger partial charge in [0.2, 0.25) is 5.88 Å². The van der Waals surface area contributed by atoms with Crippen molar-refractivity contribution in [2.24, 2.45) is 0 Å². The van der Waals surface area contributed by atoms with E-state index in [1.165, 1.54) is 0 Å². The maximum Gasteiger partial charge on any atom is 0.261 e. The van der Waals surface area contributed by atoms with Gasteiger partial charge in [-0.2, -0.15) is 0 Å². The number of hydrogen-bond acceptors (Lipinski definition) is 5. The highest BCUT2D eigenvalue weighted by atomic mass is 35.5. The average molecular weight is 377 g/mol. The summed E-state index contributed by atoms with van der Waals surface area (Å²) in [5.41, 5.74) is 2.36. The zero-order valence-electron chi connectivity index (χ0n) is 14.0. The highest BCUT2D eigenvalue weighted by molar-refractivity contribution is 6.30. The monoisotopic (exact) mass is 376 g/mol. The summed E-state index contributed by atoms with van der Waals surface area (Å²) in [5, 5.41) is 3.44. The van der Waals surface area contributed by atoms with E-state index in [0.717, 1.165) is 5.52 Å². The zero-order chi connectivity index (χ0) is 18.6. The van der Waals surface area contributed by atoms with Gasteiger partial charge < -0.3 is 10.1 Å². The molecule has 1 N–H and O–H groups in total. The quantitative estimate of drug-likeness (QED) is 0.557. The van der Waals surface area contributed by atoms with E-state index in [0.29, 0.717) is 27.5 Å². The Morgan fingerprint density at radius 3 is 2.48 bits per heavy atom. The summed E-state index contributed by atoms with van der Waals surface area (Å²) in [6.45, 7) is 0. The number of fused-ring (bicyclic) bond motifs is 1. The Labute approximate surface area is 159 Å². The second-order valence-corrected chi connectivity index (χ2v) is 6.06. The summed E-state index contributed by atoms with van der Waals surface area (Å²) in [5.74, 6) is 0.404. The number of aromatic nitrogens is 3. The first-order chi connectivity index (χ1) is 13.2. The fraction of sp³-hybridized carbons (Fsp3) is 0. The minimum Gasteiger partial charge on any atom is -0.438 e. The number of rotatable bonds is 4. The maximum atomic E-state index is 12.7. The minimum atomic E-state index is -0.338. The molecule has 2 aromatic carbocycles. The third-order valence-electron chi connectivity index (χ3n) is 3.77. The number of ether oxygens (including phenoxy) is 1. The van der Waals surface area contributed by atoms with Crippen LogP contribution >= 0.6 is 11.6 Å². The number of carbonyl (C=O) groups excluding carboxylic acids is 1. The Morgan fingerprint density at radius 1 is 0.889 bits per heavy atom. The first kappa shape index (κ1) is 16.9. The van der Waals surface area contributed by atoms with E-state index in [1.807, 2.05) is 0 Å². The smallest absolute Gasteiger partial charge is 0.261 e. The second kappa shape index (κ2) is 7.39. The number of nitrogens with zero attached hydrogens (tertiary/aromatic N) is 3. The number of benzene rings is 2. The number of anilines is 1. The predicted octanol–water partition coefficient (Wildman–Crippen LogP) is 4.72. The molecule has 0 radical (unpaired) electrons. The van der Waals surface area contributed by atoms with Crippen molar-refractivity contribution < 1.29 is 9.53 Å². The summed E-state index contributed by atoms with van der Waals surface area (Å²) >= 11 is 5.88. The van der Waals surface area contributed by atoms with E-state index in [2.05, 4.69) is 20.3 Å². The van der Waals surface area contributed by atoms with Gasteiger partial charge in [0.25, 0.3) is 5.91 Å². The molecule has 0 bridgehead atoms. The van der Waals surface area contributed by atoms with Crippen molar-refractivity contribution in [3.05, 3.63) is 83.8 Å². The Hall–Kier alpha value is -3.51. The molecule has 0 saturated heterocycles. The number of hydrogen-bond donors (Lipinski definition) is 1. The van der Waals surface area contributed by atoms with Crippen LogP contribution in [0.1, 0.15) is 10.4 Å².